The normalized spacial score (nSPS) is 21.7. The van der Waals surface area contributed by atoms with Crippen LogP contribution in [-0.2, 0) is 16.4 Å². The molecule has 2 fully saturated rings. The van der Waals surface area contributed by atoms with Crippen molar-refractivity contribution >= 4 is 34.0 Å². The summed E-state index contributed by atoms with van der Waals surface area (Å²) in [5.74, 6) is 1.39. The largest absolute Gasteiger partial charge is 0.303 e. The first kappa shape index (κ1) is 28.0. The van der Waals surface area contributed by atoms with E-state index >= 15 is 0 Å². The van der Waals surface area contributed by atoms with Crippen molar-refractivity contribution in [3.05, 3.63) is 64.7 Å². The van der Waals surface area contributed by atoms with Crippen LogP contribution < -0.4 is 4.72 Å². The number of hydrogen-bond acceptors (Lipinski definition) is 4. The summed E-state index contributed by atoms with van der Waals surface area (Å²) in [6.45, 7) is 3.44. The quantitative estimate of drug-likeness (QED) is 0.462. The van der Waals surface area contributed by atoms with Gasteiger partial charge in [-0.3, -0.25) is 0 Å². The summed E-state index contributed by atoms with van der Waals surface area (Å²) in [6, 6.07) is 16.6. The van der Waals surface area contributed by atoms with Crippen molar-refractivity contribution in [1.29, 1.82) is 5.26 Å². The minimum Gasteiger partial charge on any atom is -0.303 e. The number of nitrogens with one attached hydrogen (secondary N) is 1. The van der Waals surface area contributed by atoms with Crippen LogP contribution in [0.1, 0.15) is 56.1 Å². The van der Waals surface area contributed by atoms with E-state index in [1.807, 2.05) is 18.2 Å². The molecule has 1 saturated carbocycles. The van der Waals surface area contributed by atoms with Crippen LogP contribution in [0.15, 0.2) is 53.4 Å². The summed E-state index contributed by atoms with van der Waals surface area (Å²) in [5, 5.41) is 9.63. The number of sulfonamides is 1. The Balaban J connectivity index is 0.00000342. The van der Waals surface area contributed by atoms with Crippen LogP contribution in [0.25, 0.3) is 0 Å². The number of nitrogens with zero attached hydrogens (tertiary/aromatic N) is 2. The monoisotopic (exact) mass is 535 g/mol. The van der Waals surface area contributed by atoms with Crippen LogP contribution in [-0.4, -0.2) is 39.0 Å². The average molecular weight is 537 g/mol. The lowest BCUT2D eigenvalue weighted by atomic mass is 9.84. The third kappa shape index (κ3) is 8.20. The Kier molecular flexibility index (Phi) is 10.4. The van der Waals surface area contributed by atoms with Crippen molar-refractivity contribution in [3.63, 3.8) is 0 Å². The van der Waals surface area contributed by atoms with Gasteiger partial charge in [-0.2, -0.15) is 5.26 Å². The van der Waals surface area contributed by atoms with Gasteiger partial charge in [-0.1, -0.05) is 23.7 Å². The molecule has 35 heavy (non-hydrogen) atoms. The first-order valence-corrected chi connectivity index (χ1v) is 14.3. The molecule has 0 aromatic heterocycles. The SMILES string of the molecule is Cl.N#Cc1cccc(CC2CCN(CCC3CCC(NS(=O)(=O)c4ccc(Cl)cc4)CC3)CC2)c1. The first-order chi connectivity index (χ1) is 16.4. The molecule has 0 radical (unpaired) electrons. The van der Waals surface area contributed by atoms with Crippen molar-refractivity contribution in [2.24, 2.45) is 11.8 Å². The lowest BCUT2D eigenvalue weighted by Crippen LogP contribution is -2.39. The van der Waals surface area contributed by atoms with Crippen LogP contribution in [0.4, 0.5) is 0 Å². The van der Waals surface area contributed by atoms with E-state index in [0.29, 0.717) is 16.9 Å². The molecule has 0 atom stereocenters. The molecule has 1 N–H and O–H groups in total. The minimum absolute atomic E-state index is 0. The average Bonchev–Trinajstić information content (AvgIpc) is 2.85. The molecule has 0 unspecified atom stereocenters. The summed E-state index contributed by atoms with van der Waals surface area (Å²) >= 11 is 5.88. The van der Waals surface area contributed by atoms with Crippen LogP contribution in [0.2, 0.25) is 5.02 Å². The molecule has 190 valence electrons. The Morgan fingerprint density at radius 2 is 1.66 bits per heavy atom. The standard InChI is InChI=1S/C27H34ClN3O2S.ClH/c28-25-6-10-27(11-7-25)34(32,33)30-26-8-4-21(5-9-26)12-15-31-16-13-22(14-17-31)18-23-2-1-3-24(19-23)20-29;/h1-3,6-7,10-11,19,21-22,26,30H,4-5,8-9,12-18H2;1H. The summed E-state index contributed by atoms with van der Waals surface area (Å²) in [5.41, 5.74) is 2.03. The van der Waals surface area contributed by atoms with Gasteiger partial charge in [0, 0.05) is 11.1 Å². The molecular formula is C27H35Cl2N3O2S. The number of benzene rings is 2. The topological polar surface area (TPSA) is 73.2 Å². The summed E-state index contributed by atoms with van der Waals surface area (Å²) in [7, 11) is -3.49. The molecule has 2 aromatic rings. The molecule has 5 nitrogen and oxygen atoms in total. The Hall–Kier alpha value is -1.62. The van der Waals surface area contributed by atoms with Crippen molar-refractivity contribution in [3.8, 4) is 6.07 Å². The maximum atomic E-state index is 12.6. The van der Waals surface area contributed by atoms with Gasteiger partial charge in [0.05, 0.1) is 16.5 Å². The predicted octanol–water partition coefficient (Wildman–Crippen LogP) is 5.82. The number of piperidine rings is 1. The van der Waals surface area contributed by atoms with Crippen molar-refractivity contribution in [1.82, 2.24) is 9.62 Å². The van der Waals surface area contributed by atoms with Crippen molar-refractivity contribution in [2.45, 2.75) is 62.3 Å². The van der Waals surface area contributed by atoms with Crippen LogP contribution in [0, 0.1) is 23.2 Å². The molecule has 0 spiro atoms. The zero-order valence-electron chi connectivity index (χ0n) is 20.0. The molecule has 4 rings (SSSR count). The van der Waals surface area contributed by atoms with Gasteiger partial charge in [0.1, 0.15) is 0 Å². The maximum Gasteiger partial charge on any atom is 0.240 e. The molecule has 1 heterocycles. The van der Waals surface area contributed by atoms with Gasteiger partial charge in [-0.15, -0.1) is 12.4 Å². The van der Waals surface area contributed by atoms with E-state index in [4.69, 9.17) is 16.9 Å². The van der Waals surface area contributed by atoms with Gasteiger partial charge in [0.25, 0.3) is 0 Å². The van der Waals surface area contributed by atoms with Gasteiger partial charge in [-0.25, -0.2) is 13.1 Å². The van der Waals surface area contributed by atoms with Gasteiger partial charge in [-0.05, 0) is 125 Å². The van der Waals surface area contributed by atoms with E-state index < -0.39 is 10.0 Å². The second-order valence-electron chi connectivity index (χ2n) is 9.88. The Morgan fingerprint density at radius 1 is 0.971 bits per heavy atom. The third-order valence-electron chi connectivity index (χ3n) is 7.43. The molecule has 1 saturated heterocycles. The zero-order chi connectivity index (χ0) is 24.0. The van der Waals surface area contributed by atoms with Crippen LogP contribution in [0.5, 0.6) is 0 Å². The van der Waals surface area contributed by atoms with Crippen molar-refractivity contribution in [2.75, 3.05) is 19.6 Å². The van der Waals surface area contributed by atoms with E-state index in [9.17, 15) is 8.42 Å². The molecule has 8 heteroatoms. The lowest BCUT2D eigenvalue weighted by molar-refractivity contribution is 0.165. The minimum atomic E-state index is -3.49. The van der Waals surface area contributed by atoms with Crippen LogP contribution >= 0.6 is 24.0 Å². The summed E-state index contributed by atoms with van der Waals surface area (Å²) in [6.07, 6.45) is 8.68. The molecule has 1 aliphatic heterocycles. The highest BCUT2D eigenvalue weighted by Gasteiger charge is 2.27. The molecule has 2 aliphatic rings. The first-order valence-electron chi connectivity index (χ1n) is 12.4. The molecule has 0 bridgehead atoms. The molecule has 1 aliphatic carbocycles. The van der Waals surface area contributed by atoms with Gasteiger partial charge in [0.2, 0.25) is 10.0 Å². The zero-order valence-corrected chi connectivity index (χ0v) is 22.4. The lowest BCUT2D eigenvalue weighted by Gasteiger charge is -2.34. The highest BCUT2D eigenvalue weighted by atomic mass is 35.5. The maximum absolute atomic E-state index is 12.6. The Bertz CT molecular complexity index is 1090. The number of hydrogen-bond donors (Lipinski definition) is 1. The number of halogens is 2. The van der Waals surface area contributed by atoms with Crippen molar-refractivity contribution < 1.29 is 8.42 Å². The third-order valence-corrected chi connectivity index (χ3v) is 9.22. The number of likely N-dealkylation sites (tertiary alicyclic amines) is 1. The second kappa shape index (κ2) is 13.1. The van der Waals surface area contributed by atoms with E-state index in [-0.39, 0.29) is 23.3 Å². The fourth-order valence-electron chi connectivity index (χ4n) is 5.35. The smallest absolute Gasteiger partial charge is 0.240 e. The Labute approximate surface area is 221 Å². The van der Waals surface area contributed by atoms with E-state index in [2.05, 4.69) is 21.8 Å². The van der Waals surface area contributed by atoms with Gasteiger partial charge < -0.3 is 4.90 Å². The second-order valence-corrected chi connectivity index (χ2v) is 12.0. The van der Waals surface area contributed by atoms with E-state index in [0.717, 1.165) is 57.3 Å². The Morgan fingerprint density at radius 3 is 2.31 bits per heavy atom. The summed E-state index contributed by atoms with van der Waals surface area (Å²) < 4.78 is 28.1. The number of rotatable bonds is 8. The molecule has 0 amide bonds. The number of nitriles is 1. The highest BCUT2D eigenvalue weighted by Crippen LogP contribution is 2.29. The fraction of sp³-hybridized carbons (Fsp3) is 0.519. The highest BCUT2D eigenvalue weighted by molar-refractivity contribution is 7.89. The molecular weight excluding hydrogens is 501 g/mol. The summed E-state index contributed by atoms with van der Waals surface area (Å²) in [4.78, 5) is 2.87. The van der Waals surface area contributed by atoms with Gasteiger partial charge >= 0.3 is 0 Å². The predicted molar refractivity (Wildman–Crippen MR) is 143 cm³/mol. The van der Waals surface area contributed by atoms with Crippen LogP contribution in [0.3, 0.4) is 0 Å². The van der Waals surface area contributed by atoms with E-state index in [1.165, 1.54) is 24.8 Å². The molecule has 2 aromatic carbocycles. The van der Waals surface area contributed by atoms with Gasteiger partial charge in [0.15, 0.2) is 0 Å². The fourth-order valence-corrected chi connectivity index (χ4v) is 6.78. The van der Waals surface area contributed by atoms with E-state index in [1.54, 1.807) is 24.3 Å².